The van der Waals surface area contributed by atoms with E-state index < -0.39 is 0 Å². The average Bonchev–Trinajstić information content (AvgIpc) is 2.80. The number of anilines is 2. The van der Waals surface area contributed by atoms with Gasteiger partial charge in [-0.05, 0) is 66.2 Å². The summed E-state index contributed by atoms with van der Waals surface area (Å²) in [6.45, 7) is 7.25. The van der Waals surface area contributed by atoms with Crippen LogP contribution in [0, 0.1) is 5.82 Å². The standard InChI is InChI=1S/C23H24FN5O/c1-2-28-11-13-29(14-12-28)22-16-19(8-10-26-22)18-7-9-25-21(15-18)27-23(30)17-3-5-20(24)6-4-17/h3-10,15-16H,2,11-14H2,1H3,(H,25,27,30). The molecule has 0 saturated carbocycles. The number of benzene rings is 1. The van der Waals surface area contributed by atoms with Crippen molar-refractivity contribution in [2.24, 2.45) is 0 Å². The lowest BCUT2D eigenvalue weighted by molar-refractivity contribution is 0.102. The maximum atomic E-state index is 13.1. The number of piperazine rings is 1. The summed E-state index contributed by atoms with van der Waals surface area (Å²) in [5.41, 5.74) is 2.33. The monoisotopic (exact) mass is 405 g/mol. The van der Waals surface area contributed by atoms with Gasteiger partial charge in [-0.2, -0.15) is 0 Å². The number of amides is 1. The van der Waals surface area contributed by atoms with Crippen molar-refractivity contribution in [2.45, 2.75) is 6.92 Å². The number of nitrogens with zero attached hydrogens (tertiary/aromatic N) is 4. The van der Waals surface area contributed by atoms with E-state index in [-0.39, 0.29) is 11.7 Å². The zero-order valence-electron chi connectivity index (χ0n) is 16.9. The van der Waals surface area contributed by atoms with E-state index >= 15 is 0 Å². The maximum Gasteiger partial charge on any atom is 0.256 e. The summed E-state index contributed by atoms with van der Waals surface area (Å²) < 4.78 is 13.1. The van der Waals surface area contributed by atoms with Gasteiger partial charge in [-0.25, -0.2) is 14.4 Å². The highest BCUT2D eigenvalue weighted by molar-refractivity contribution is 6.03. The molecule has 1 aliphatic rings. The first kappa shape index (κ1) is 20.0. The van der Waals surface area contributed by atoms with Gasteiger partial charge in [0.05, 0.1) is 0 Å². The lowest BCUT2D eigenvalue weighted by Gasteiger charge is -2.34. The molecule has 1 N–H and O–H groups in total. The van der Waals surface area contributed by atoms with Crippen LogP contribution in [-0.4, -0.2) is 53.5 Å². The number of hydrogen-bond acceptors (Lipinski definition) is 5. The normalized spacial score (nSPS) is 14.5. The second kappa shape index (κ2) is 9.00. The van der Waals surface area contributed by atoms with Gasteiger partial charge in [0.25, 0.3) is 5.91 Å². The molecule has 0 radical (unpaired) electrons. The number of carbonyl (C=O) groups excluding carboxylic acids is 1. The van der Waals surface area contributed by atoms with E-state index in [1.54, 1.807) is 6.20 Å². The second-order valence-corrected chi connectivity index (χ2v) is 7.21. The molecule has 1 aromatic carbocycles. The molecular formula is C23H24FN5O. The number of hydrogen-bond donors (Lipinski definition) is 1. The van der Waals surface area contributed by atoms with Gasteiger partial charge in [-0.3, -0.25) is 4.79 Å². The molecule has 30 heavy (non-hydrogen) atoms. The molecule has 1 fully saturated rings. The minimum atomic E-state index is -0.378. The Labute approximate surface area is 175 Å². The van der Waals surface area contributed by atoms with Crippen LogP contribution in [0.15, 0.2) is 60.9 Å². The van der Waals surface area contributed by atoms with E-state index in [2.05, 4.69) is 38.1 Å². The van der Waals surface area contributed by atoms with Crippen molar-refractivity contribution in [3.8, 4) is 11.1 Å². The van der Waals surface area contributed by atoms with Crippen molar-refractivity contribution in [1.82, 2.24) is 14.9 Å². The zero-order chi connectivity index (χ0) is 20.9. The van der Waals surface area contributed by atoms with Crippen LogP contribution >= 0.6 is 0 Å². The van der Waals surface area contributed by atoms with Crippen molar-refractivity contribution in [1.29, 1.82) is 0 Å². The molecule has 0 bridgehead atoms. The fraction of sp³-hybridized carbons (Fsp3) is 0.261. The highest BCUT2D eigenvalue weighted by Gasteiger charge is 2.17. The van der Waals surface area contributed by atoms with Crippen LogP contribution < -0.4 is 10.2 Å². The topological polar surface area (TPSA) is 61.4 Å². The molecule has 0 unspecified atom stereocenters. The predicted octanol–water partition coefficient (Wildman–Crippen LogP) is 3.68. The number of likely N-dealkylation sites (N-methyl/N-ethyl adjacent to an activating group) is 1. The van der Waals surface area contributed by atoms with Crippen LogP contribution in [0.5, 0.6) is 0 Å². The van der Waals surface area contributed by atoms with Crippen LogP contribution in [-0.2, 0) is 0 Å². The lowest BCUT2D eigenvalue weighted by atomic mass is 10.1. The molecule has 6 nitrogen and oxygen atoms in total. The van der Waals surface area contributed by atoms with Gasteiger partial charge >= 0.3 is 0 Å². The van der Waals surface area contributed by atoms with Gasteiger partial charge in [0, 0.05) is 44.1 Å². The van der Waals surface area contributed by atoms with E-state index in [0.717, 1.165) is 49.7 Å². The smallest absolute Gasteiger partial charge is 0.256 e. The summed E-state index contributed by atoms with van der Waals surface area (Å²) in [5.74, 6) is 0.689. The van der Waals surface area contributed by atoms with E-state index in [1.165, 1.54) is 24.3 Å². The molecular weight excluding hydrogens is 381 g/mol. The molecule has 2 aromatic heterocycles. The second-order valence-electron chi connectivity index (χ2n) is 7.21. The highest BCUT2D eigenvalue weighted by Crippen LogP contribution is 2.25. The zero-order valence-corrected chi connectivity index (χ0v) is 16.9. The first-order valence-corrected chi connectivity index (χ1v) is 10.1. The summed E-state index contributed by atoms with van der Waals surface area (Å²) >= 11 is 0. The Morgan fingerprint density at radius 2 is 1.63 bits per heavy atom. The van der Waals surface area contributed by atoms with Gasteiger partial charge in [-0.1, -0.05) is 6.92 Å². The Kier molecular flexibility index (Phi) is 5.99. The van der Waals surface area contributed by atoms with Gasteiger partial charge in [-0.15, -0.1) is 0 Å². The summed E-state index contributed by atoms with van der Waals surface area (Å²) in [7, 11) is 0. The lowest BCUT2D eigenvalue weighted by Crippen LogP contribution is -2.46. The summed E-state index contributed by atoms with van der Waals surface area (Å²) in [4.78, 5) is 25.9. The van der Waals surface area contributed by atoms with Crippen LogP contribution in [0.2, 0.25) is 0 Å². The molecule has 0 atom stereocenters. The maximum absolute atomic E-state index is 13.1. The summed E-state index contributed by atoms with van der Waals surface area (Å²) in [6.07, 6.45) is 3.48. The Morgan fingerprint density at radius 3 is 2.33 bits per heavy atom. The number of pyridine rings is 2. The summed E-state index contributed by atoms with van der Waals surface area (Å²) in [5, 5.41) is 2.77. The summed E-state index contributed by atoms with van der Waals surface area (Å²) in [6, 6.07) is 13.2. The van der Waals surface area contributed by atoms with E-state index in [1.807, 2.05) is 24.4 Å². The molecule has 3 aromatic rings. The third-order valence-electron chi connectivity index (χ3n) is 5.33. The Morgan fingerprint density at radius 1 is 0.967 bits per heavy atom. The molecule has 0 aliphatic carbocycles. The molecule has 7 heteroatoms. The van der Waals surface area contributed by atoms with Crippen LogP contribution in [0.4, 0.5) is 16.0 Å². The van der Waals surface area contributed by atoms with Crippen LogP contribution in [0.3, 0.4) is 0 Å². The van der Waals surface area contributed by atoms with Crippen molar-refractivity contribution < 1.29 is 9.18 Å². The molecule has 1 saturated heterocycles. The van der Waals surface area contributed by atoms with E-state index in [4.69, 9.17) is 0 Å². The minimum absolute atomic E-state index is 0.330. The largest absolute Gasteiger partial charge is 0.354 e. The average molecular weight is 405 g/mol. The Hall–Kier alpha value is -3.32. The molecule has 0 spiro atoms. The number of aromatic nitrogens is 2. The number of nitrogens with one attached hydrogen (secondary N) is 1. The Bertz CT molecular complexity index is 1020. The van der Waals surface area contributed by atoms with Gasteiger partial charge in [0.2, 0.25) is 0 Å². The molecule has 3 heterocycles. The van der Waals surface area contributed by atoms with Crippen LogP contribution in [0.1, 0.15) is 17.3 Å². The van der Waals surface area contributed by atoms with E-state index in [9.17, 15) is 9.18 Å². The third-order valence-corrected chi connectivity index (χ3v) is 5.33. The first-order chi connectivity index (χ1) is 14.6. The molecule has 154 valence electrons. The van der Waals surface area contributed by atoms with Crippen molar-refractivity contribution >= 4 is 17.5 Å². The minimum Gasteiger partial charge on any atom is -0.354 e. The molecule has 1 aliphatic heterocycles. The van der Waals surface area contributed by atoms with Gasteiger partial charge < -0.3 is 15.1 Å². The Balaban J connectivity index is 1.50. The number of carbonyl (C=O) groups is 1. The number of halogens is 1. The van der Waals surface area contributed by atoms with Crippen molar-refractivity contribution in [3.63, 3.8) is 0 Å². The third kappa shape index (κ3) is 4.63. The molecule has 1 amide bonds. The quantitative estimate of drug-likeness (QED) is 0.702. The number of rotatable bonds is 5. The fourth-order valence-corrected chi connectivity index (χ4v) is 3.53. The first-order valence-electron chi connectivity index (χ1n) is 10.1. The fourth-order valence-electron chi connectivity index (χ4n) is 3.53. The predicted molar refractivity (Wildman–Crippen MR) is 116 cm³/mol. The van der Waals surface area contributed by atoms with Crippen LogP contribution in [0.25, 0.3) is 11.1 Å². The highest BCUT2D eigenvalue weighted by atomic mass is 19.1. The molecule has 4 rings (SSSR count). The van der Waals surface area contributed by atoms with Gasteiger partial charge in [0.15, 0.2) is 0 Å². The van der Waals surface area contributed by atoms with Crippen molar-refractivity contribution in [2.75, 3.05) is 42.9 Å². The van der Waals surface area contributed by atoms with Gasteiger partial charge in [0.1, 0.15) is 17.5 Å². The van der Waals surface area contributed by atoms with E-state index in [0.29, 0.717) is 11.4 Å². The van der Waals surface area contributed by atoms with Crippen molar-refractivity contribution in [3.05, 3.63) is 72.3 Å². The SMILES string of the molecule is CCN1CCN(c2cc(-c3ccnc(NC(=O)c4ccc(F)cc4)c3)ccn2)CC1.